The van der Waals surface area contributed by atoms with Crippen molar-refractivity contribution in [2.24, 2.45) is 0 Å². The molecule has 0 aliphatic carbocycles. The Bertz CT molecular complexity index is 1150. The summed E-state index contributed by atoms with van der Waals surface area (Å²) in [6.45, 7) is 3.02. The second kappa shape index (κ2) is 8.95. The smallest absolute Gasteiger partial charge is 0.342 e. The number of amides is 2. The molecule has 2 aromatic heterocycles. The van der Waals surface area contributed by atoms with Gasteiger partial charge >= 0.3 is 6.18 Å². The van der Waals surface area contributed by atoms with E-state index in [1.54, 1.807) is 26.1 Å². The monoisotopic (exact) mass is 466 g/mol. The number of carbonyl (C=O) groups is 2. The van der Waals surface area contributed by atoms with Crippen molar-refractivity contribution in [2.75, 3.05) is 11.9 Å². The third kappa shape index (κ3) is 5.05. The Hall–Kier alpha value is -3.47. The highest BCUT2D eigenvalue weighted by Crippen LogP contribution is 2.32. The predicted molar refractivity (Wildman–Crippen MR) is 111 cm³/mol. The van der Waals surface area contributed by atoms with Crippen LogP contribution in [0.5, 0.6) is 0 Å². The van der Waals surface area contributed by atoms with Crippen LogP contribution in [0, 0.1) is 0 Å². The number of pyridine rings is 1. The first-order chi connectivity index (χ1) is 15.0. The summed E-state index contributed by atoms with van der Waals surface area (Å²) >= 11 is 5.76. The zero-order chi connectivity index (χ0) is 23.6. The Labute approximate surface area is 186 Å². The first kappa shape index (κ1) is 23.2. The Morgan fingerprint density at radius 3 is 2.50 bits per heavy atom. The zero-order valence-corrected chi connectivity index (χ0v) is 17.9. The Kier molecular flexibility index (Phi) is 6.49. The number of hydrogen-bond acceptors (Lipinski definition) is 5. The van der Waals surface area contributed by atoms with Crippen LogP contribution in [0.1, 0.15) is 41.6 Å². The van der Waals surface area contributed by atoms with Crippen LogP contribution in [0.4, 0.5) is 18.9 Å². The number of nitrogens with one attached hydrogen (secondary N) is 1. The summed E-state index contributed by atoms with van der Waals surface area (Å²) in [6, 6.07) is 5.19. The molecule has 2 amide bonds. The van der Waals surface area contributed by atoms with Crippen molar-refractivity contribution in [3.05, 3.63) is 64.8 Å². The minimum atomic E-state index is -4.64. The standard InChI is InChI=1S/C20H18ClF3N6O2/c1-11(28-19(32)13-6-14(20(22,23)24)8-15(21)7-13)18-26-10-27-30(18)17-5-4-16(9-25-17)29(3)12(2)31/h4-11H,1-3H3,(H,28,32)/t11-/m0/s1. The molecule has 0 radical (unpaired) electrons. The maximum atomic E-state index is 13.0. The molecule has 0 bridgehead atoms. The molecule has 3 aromatic rings. The summed E-state index contributed by atoms with van der Waals surface area (Å²) in [4.78, 5) is 33.9. The summed E-state index contributed by atoms with van der Waals surface area (Å²) in [6.07, 6.45) is -1.90. The van der Waals surface area contributed by atoms with E-state index in [4.69, 9.17) is 11.6 Å². The van der Waals surface area contributed by atoms with Gasteiger partial charge in [-0.2, -0.15) is 23.0 Å². The van der Waals surface area contributed by atoms with Gasteiger partial charge in [0.25, 0.3) is 5.91 Å². The summed E-state index contributed by atoms with van der Waals surface area (Å²) in [5, 5.41) is 6.48. The minimum absolute atomic E-state index is 0.160. The van der Waals surface area contributed by atoms with Crippen LogP contribution in [0.2, 0.25) is 5.02 Å². The lowest BCUT2D eigenvalue weighted by Gasteiger charge is -2.17. The van der Waals surface area contributed by atoms with Gasteiger partial charge in [-0.15, -0.1) is 0 Å². The summed E-state index contributed by atoms with van der Waals surface area (Å²) in [5.41, 5.74) is -0.686. The van der Waals surface area contributed by atoms with Gasteiger partial charge in [0, 0.05) is 24.6 Å². The van der Waals surface area contributed by atoms with E-state index in [-0.39, 0.29) is 16.5 Å². The molecule has 0 aliphatic heterocycles. The molecule has 0 spiro atoms. The fourth-order valence-electron chi connectivity index (χ4n) is 2.83. The van der Waals surface area contributed by atoms with E-state index < -0.39 is 23.7 Å². The van der Waals surface area contributed by atoms with Crippen molar-refractivity contribution in [3.63, 3.8) is 0 Å². The zero-order valence-electron chi connectivity index (χ0n) is 17.2. The molecule has 168 valence electrons. The first-order valence-electron chi connectivity index (χ1n) is 9.26. The third-order valence-corrected chi connectivity index (χ3v) is 4.82. The first-order valence-corrected chi connectivity index (χ1v) is 9.64. The van der Waals surface area contributed by atoms with Gasteiger partial charge in [0.15, 0.2) is 11.6 Å². The number of alkyl halides is 3. The maximum absolute atomic E-state index is 13.0. The molecule has 32 heavy (non-hydrogen) atoms. The highest BCUT2D eigenvalue weighted by atomic mass is 35.5. The van der Waals surface area contributed by atoms with Gasteiger partial charge in [-0.05, 0) is 37.3 Å². The quantitative estimate of drug-likeness (QED) is 0.617. The van der Waals surface area contributed by atoms with E-state index in [2.05, 4.69) is 20.4 Å². The number of rotatable bonds is 5. The van der Waals surface area contributed by atoms with Crippen molar-refractivity contribution in [1.82, 2.24) is 25.1 Å². The van der Waals surface area contributed by atoms with Crippen molar-refractivity contribution in [3.8, 4) is 5.82 Å². The van der Waals surface area contributed by atoms with E-state index in [0.29, 0.717) is 17.3 Å². The van der Waals surface area contributed by atoms with Gasteiger partial charge in [0.05, 0.1) is 23.5 Å². The molecule has 2 heterocycles. The molecule has 1 aromatic carbocycles. The van der Waals surface area contributed by atoms with Crippen LogP contribution in [0.25, 0.3) is 5.82 Å². The number of aromatic nitrogens is 4. The summed E-state index contributed by atoms with van der Waals surface area (Å²) in [7, 11) is 1.61. The lowest BCUT2D eigenvalue weighted by Crippen LogP contribution is -2.29. The van der Waals surface area contributed by atoms with Crippen LogP contribution in [-0.2, 0) is 11.0 Å². The average Bonchev–Trinajstić information content (AvgIpc) is 3.22. The molecule has 1 N–H and O–H groups in total. The molecule has 0 saturated heterocycles. The topological polar surface area (TPSA) is 93.0 Å². The fraction of sp³-hybridized carbons (Fsp3) is 0.250. The van der Waals surface area contributed by atoms with E-state index in [0.717, 1.165) is 18.2 Å². The number of hydrogen-bond donors (Lipinski definition) is 1. The summed E-state index contributed by atoms with van der Waals surface area (Å²) < 4.78 is 40.4. The van der Waals surface area contributed by atoms with E-state index in [1.807, 2.05) is 0 Å². The molecule has 1 atom stereocenters. The molecular formula is C20H18ClF3N6O2. The van der Waals surface area contributed by atoms with E-state index >= 15 is 0 Å². The van der Waals surface area contributed by atoms with Crippen molar-refractivity contribution < 1.29 is 22.8 Å². The Balaban J connectivity index is 1.82. The number of carbonyl (C=O) groups excluding carboxylic acids is 2. The van der Waals surface area contributed by atoms with E-state index in [1.165, 1.54) is 29.0 Å². The molecule has 0 fully saturated rings. The van der Waals surface area contributed by atoms with Gasteiger partial charge in [0.1, 0.15) is 6.33 Å². The molecule has 12 heteroatoms. The average molecular weight is 467 g/mol. The number of anilines is 1. The largest absolute Gasteiger partial charge is 0.416 e. The second-order valence-electron chi connectivity index (χ2n) is 6.90. The molecule has 0 saturated carbocycles. The van der Waals surface area contributed by atoms with Crippen LogP contribution in [-0.4, -0.2) is 38.6 Å². The molecule has 0 aliphatic rings. The Morgan fingerprint density at radius 2 is 1.91 bits per heavy atom. The van der Waals surface area contributed by atoms with Gasteiger partial charge in [-0.1, -0.05) is 11.6 Å². The lowest BCUT2D eigenvalue weighted by molar-refractivity contribution is -0.137. The van der Waals surface area contributed by atoms with Crippen LogP contribution < -0.4 is 10.2 Å². The SMILES string of the molecule is CC(=O)N(C)c1ccc(-n2ncnc2[C@H](C)NC(=O)c2cc(Cl)cc(C(F)(F)F)c2)nc1. The second-order valence-corrected chi connectivity index (χ2v) is 7.34. The molecular weight excluding hydrogens is 449 g/mol. The van der Waals surface area contributed by atoms with Crippen molar-refractivity contribution >= 4 is 29.1 Å². The van der Waals surface area contributed by atoms with Crippen LogP contribution >= 0.6 is 11.6 Å². The van der Waals surface area contributed by atoms with Gasteiger partial charge < -0.3 is 10.2 Å². The summed E-state index contributed by atoms with van der Waals surface area (Å²) in [5.74, 6) is -0.239. The molecule has 8 nitrogen and oxygen atoms in total. The normalized spacial score (nSPS) is 12.3. The van der Waals surface area contributed by atoms with E-state index in [9.17, 15) is 22.8 Å². The minimum Gasteiger partial charge on any atom is -0.342 e. The highest BCUT2D eigenvalue weighted by Gasteiger charge is 2.32. The van der Waals surface area contributed by atoms with Gasteiger partial charge in [-0.25, -0.2) is 9.97 Å². The van der Waals surface area contributed by atoms with Gasteiger partial charge in [-0.3, -0.25) is 9.59 Å². The predicted octanol–water partition coefficient (Wildman–Crippen LogP) is 3.81. The Morgan fingerprint density at radius 1 is 1.19 bits per heavy atom. The number of halogens is 4. The van der Waals surface area contributed by atoms with Crippen LogP contribution in [0.3, 0.4) is 0 Å². The fourth-order valence-corrected chi connectivity index (χ4v) is 3.07. The highest BCUT2D eigenvalue weighted by molar-refractivity contribution is 6.31. The third-order valence-electron chi connectivity index (χ3n) is 4.61. The number of benzene rings is 1. The maximum Gasteiger partial charge on any atom is 0.416 e. The van der Waals surface area contributed by atoms with Crippen LogP contribution in [0.15, 0.2) is 42.9 Å². The van der Waals surface area contributed by atoms with Crippen molar-refractivity contribution in [2.45, 2.75) is 26.1 Å². The number of nitrogens with zero attached hydrogens (tertiary/aromatic N) is 5. The van der Waals surface area contributed by atoms with Gasteiger partial charge in [0.2, 0.25) is 5.91 Å². The molecule has 3 rings (SSSR count). The lowest BCUT2D eigenvalue weighted by atomic mass is 10.1. The van der Waals surface area contributed by atoms with Crippen molar-refractivity contribution in [1.29, 1.82) is 0 Å². The molecule has 0 unspecified atom stereocenters.